The molecule has 7 nitrogen and oxygen atoms in total. The second-order valence-corrected chi connectivity index (χ2v) is 6.92. The van der Waals surface area contributed by atoms with E-state index in [1.165, 1.54) is 23.5 Å². The third-order valence-electron chi connectivity index (χ3n) is 4.29. The highest BCUT2D eigenvalue weighted by Crippen LogP contribution is 2.33. The summed E-state index contributed by atoms with van der Waals surface area (Å²) < 4.78 is 15.3. The Balaban J connectivity index is 1.85. The quantitative estimate of drug-likeness (QED) is 0.496. The summed E-state index contributed by atoms with van der Waals surface area (Å²) in [5.41, 5.74) is 2.91. The molecule has 9 heteroatoms. The van der Waals surface area contributed by atoms with E-state index in [4.69, 9.17) is 4.98 Å². The lowest BCUT2D eigenvalue weighted by Crippen LogP contribution is -2.31. The average Bonchev–Trinajstić information content (AvgIpc) is 3.30. The van der Waals surface area contributed by atoms with Gasteiger partial charge in [-0.2, -0.15) is 0 Å². The van der Waals surface area contributed by atoms with E-state index in [0.717, 1.165) is 16.2 Å². The number of hydrogen-bond donors (Lipinski definition) is 2. The van der Waals surface area contributed by atoms with Crippen LogP contribution in [0, 0.1) is 5.82 Å². The van der Waals surface area contributed by atoms with Gasteiger partial charge >= 0.3 is 0 Å². The molecule has 28 heavy (non-hydrogen) atoms. The van der Waals surface area contributed by atoms with Gasteiger partial charge in [-0.3, -0.25) is 4.40 Å². The monoisotopic (exact) mass is 399 g/mol. The van der Waals surface area contributed by atoms with Crippen molar-refractivity contribution in [2.75, 3.05) is 31.2 Å². The molecule has 3 aromatic heterocycles. The lowest BCUT2D eigenvalue weighted by Gasteiger charge is -2.20. The Labute approximate surface area is 164 Å². The lowest BCUT2D eigenvalue weighted by molar-refractivity contribution is 0.280. The van der Waals surface area contributed by atoms with Crippen molar-refractivity contribution in [3.05, 3.63) is 53.9 Å². The van der Waals surface area contributed by atoms with Gasteiger partial charge in [-0.1, -0.05) is 0 Å². The summed E-state index contributed by atoms with van der Waals surface area (Å²) in [6, 6.07) is 7.98. The molecule has 0 aliphatic rings. The van der Waals surface area contributed by atoms with Crippen LogP contribution in [-0.4, -0.2) is 55.9 Å². The highest BCUT2D eigenvalue weighted by Gasteiger charge is 2.19. The van der Waals surface area contributed by atoms with Crippen LogP contribution in [0.2, 0.25) is 0 Å². The van der Waals surface area contributed by atoms with Crippen LogP contribution in [0.1, 0.15) is 0 Å². The maximum Gasteiger partial charge on any atom is 0.226 e. The van der Waals surface area contributed by atoms with E-state index in [1.807, 2.05) is 16.0 Å². The minimum absolute atomic E-state index is 0.0735. The van der Waals surface area contributed by atoms with Gasteiger partial charge in [-0.15, -0.1) is 11.3 Å². The first-order valence-electron chi connectivity index (χ1n) is 8.73. The molecule has 0 amide bonds. The van der Waals surface area contributed by atoms with Gasteiger partial charge in [0.15, 0.2) is 4.96 Å². The maximum atomic E-state index is 13.4. The molecule has 0 fully saturated rings. The Kier molecular flexibility index (Phi) is 5.29. The fourth-order valence-electron chi connectivity index (χ4n) is 3.03. The normalized spacial score (nSPS) is 11.2. The highest BCUT2D eigenvalue weighted by molar-refractivity contribution is 7.15. The molecule has 3 heterocycles. The van der Waals surface area contributed by atoms with Gasteiger partial charge in [-0.05, 0) is 30.3 Å². The molecule has 0 aliphatic carbocycles. The van der Waals surface area contributed by atoms with E-state index in [2.05, 4.69) is 9.97 Å². The Morgan fingerprint density at radius 2 is 1.79 bits per heavy atom. The Morgan fingerprint density at radius 3 is 2.50 bits per heavy atom. The number of aliphatic hydroxyl groups excluding tert-OH is 2. The third kappa shape index (κ3) is 3.47. The predicted molar refractivity (Wildman–Crippen MR) is 106 cm³/mol. The minimum atomic E-state index is -0.306. The minimum Gasteiger partial charge on any atom is -0.395 e. The van der Waals surface area contributed by atoms with Gasteiger partial charge in [0.2, 0.25) is 5.95 Å². The summed E-state index contributed by atoms with van der Waals surface area (Å²) >= 11 is 1.50. The van der Waals surface area contributed by atoms with Crippen molar-refractivity contribution in [3.8, 4) is 22.6 Å². The zero-order valence-corrected chi connectivity index (χ0v) is 15.7. The maximum absolute atomic E-state index is 13.4. The lowest BCUT2D eigenvalue weighted by atomic mass is 10.1. The molecular formula is C19H18FN5O2S. The number of fused-ring (bicyclic) bond motifs is 1. The highest BCUT2D eigenvalue weighted by atomic mass is 32.1. The van der Waals surface area contributed by atoms with Crippen LogP contribution in [0.3, 0.4) is 0 Å². The van der Waals surface area contributed by atoms with Crippen molar-refractivity contribution in [3.63, 3.8) is 0 Å². The van der Waals surface area contributed by atoms with Crippen molar-refractivity contribution < 1.29 is 14.6 Å². The van der Waals surface area contributed by atoms with Gasteiger partial charge in [0.05, 0.1) is 24.6 Å². The van der Waals surface area contributed by atoms with E-state index in [0.29, 0.717) is 30.4 Å². The average molecular weight is 399 g/mol. The molecule has 0 atom stereocenters. The third-order valence-corrected chi connectivity index (χ3v) is 5.04. The van der Waals surface area contributed by atoms with E-state index >= 15 is 0 Å². The summed E-state index contributed by atoms with van der Waals surface area (Å²) in [5.74, 6) is 0.107. The van der Waals surface area contributed by atoms with Crippen molar-refractivity contribution in [1.82, 2.24) is 19.4 Å². The molecule has 4 aromatic rings. The fourth-order valence-corrected chi connectivity index (χ4v) is 3.74. The van der Waals surface area contributed by atoms with Crippen molar-refractivity contribution >= 4 is 22.2 Å². The molecular weight excluding hydrogens is 381 g/mol. The number of rotatable bonds is 7. The summed E-state index contributed by atoms with van der Waals surface area (Å²) in [6.45, 7) is 0.482. The van der Waals surface area contributed by atoms with Gasteiger partial charge in [0.25, 0.3) is 0 Å². The van der Waals surface area contributed by atoms with Crippen molar-refractivity contribution in [2.45, 2.75) is 0 Å². The molecule has 0 unspecified atom stereocenters. The second kappa shape index (κ2) is 8.01. The smallest absolute Gasteiger partial charge is 0.226 e. The number of imidazole rings is 1. The summed E-state index contributed by atoms with van der Waals surface area (Å²) in [6.07, 6.45) is 3.55. The number of thiazole rings is 1. The largest absolute Gasteiger partial charge is 0.395 e. The molecule has 0 saturated carbocycles. The number of benzene rings is 1. The second-order valence-electron chi connectivity index (χ2n) is 6.05. The van der Waals surface area contributed by atoms with Gasteiger partial charge < -0.3 is 15.1 Å². The van der Waals surface area contributed by atoms with Gasteiger partial charge in [0, 0.05) is 36.4 Å². The summed E-state index contributed by atoms with van der Waals surface area (Å²) in [7, 11) is 0. The Bertz CT molecular complexity index is 1070. The van der Waals surface area contributed by atoms with Crippen molar-refractivity contribution in [1.29, 1.82) is 0 Å². The predicted octanol–water partition coefficient (Wildman–Crippen LogP) is 2.45. The molecule has 0 bridgehead atoms. The Morgan fingerprint density at radius 1 is 1.04 bits per heavy atom. The fraction of sp³-hybridized carbons (Fsp3) is 0.211. The van der Waals surface area contributed by atoms with E-state index < -0.39 is 0 Å². The van der Waals surface area contributed by atoms with E-state index in [-0.39, 0.29) is 19.0 Å². The van der Waals surface area contributed by atoms with Crippen LogP contribution in [0.25, 0.3) is 27.6 Å². The number of hydrogen-bond acceptors (Lipinski definition) is 7. The van der Waals surface area contributed by atoms with E-state index in [9.17, 15) is 14.6 Å². The molecule has 0 aliphatic heterocycles. The first-order valence-corrected chi connectivity index (χ1v) is 9.61. The van der Waals surface area contributed by atoms with Crippen LogP contribution in [0.5, 0.6) is 0 Å². The topological polar surface area (TPSA) is 86.8 Å². The number of halogens is 1. The zero-order valence-electron chi connectivity index (χ0n) is 14.9. The first kappa shape index (κ1) is 18.5. The number of anilines is 1. The van der Waals surface area contributed by atoms with Gasteiger partial charge in [-0.25, -0.2) is 19.3 Å². The molecule has 0 radical (unpaired) electrons. The first-order chi connectivity index (χ1) is 13.7. The van der Waals surface area contributed by atoms with Crippen LogP contribution in [0.15, 0.2) is 48.1 Å². The zero-order chi connectivity index (χ0) is 19.5. The molecule has 0 spiro atoms. The molecule has 4 rings (SSSR count). The van der Waals surface area contributed by atoms with Crippen molar-refractivity contribution in [2.24, 2.45) is 0 Å². The summed E-state index contributed by atoms with van der Waals surface area (Å²) in [5, 5.41) is 20.5. The SMILES string of the molecule is OCCN(CCO)c1nccc(-c2c(-c3ccc(F)cc3)nc3sccn23)n1. The molecule has 2 N–H and O–H groups in total. The van der Waals surface area contributed by atoms with E-state index in [1.54, 1.807) is 29.3 Å². The van der Waals surface area contributed by atoms with Gasteiger partial charge in [0.1, 0.15) is 11.5 Å². The number of aliphatic hydroxyl groups is 2. The summed E-state index contributed by atoms with van der Waals surface area (Å²) in [4.78, 5) is 16.2. The van der Waals surface area contributed by atoms with Crippen LogP contribution < -0.4 is 4.90 Å². The standard InChI is InChI=1S/C19H18FN5O2S/c20-14-3-1-13(2-4-14)16-17(25-9-12-28-19(25)23-16)15-5-6-21-18(22-15)24(7-10-26)8-11-27/h1-6,9,12,26-27H,7-8,10-11H2. The Hall–Kier alpha value is -2.88. The molecule has 144 valence electrons. The molecule has 1 aromatic carbocycles. The number of aromatic nitrogens is 4. The number of nitrogens with zero attached hydrogens (tertiary/aromatic N) is 5. The van der Waals surface area contributed by atoms with Crippen LogP contribution in [-0.2, 0) is 0 Å². The molecule has 0 saturated heterocycles. The van der Waals surface area contributed by atoms with Crippen LogP contribution >= 0.6 is 11.3 Å². The van der Waals surface area contributed by atoms with Crippen LogP contribution in [0.4, 0.5) is 10.3 Å².